The van der Waals surface area contributed by atoms with E-state index in [1.807, 2.05) is 17.5 Å². The van der Waals surface area contributed by atoms with E-state index in [9.17, 15) is 0 Å². The fourth-order valence-electron chi connectivity index (χ4n) is 2.91. The van der Waals surface area contributed by atoms with Gasteiger partial charge in [-0.05, 0) is 26.2 Å². The molecule has 4 heterocycles. The summed E-state index contributed by atoms with van der Waals surface area (Å²) in [6.45, 7) is 2.85. The van der Waals surface area contributed by atoms with Crippen LogP contribution < -0.4 is 4.90 Å². The molecule has 1 atom stereocenters. The minimum absolute atomic E-state index is 0.138. The van der Waals surface area contributed by atoms with Gasteiger partial charge < -0.3 is 4.90 Å². The summed E-state index contributed by atoms with van der Waals surface area (Å²) in [5.74, 6) is 2.52. The smallest absolute Gasteiger partial charge is 0.203 e. The van der Waals surface area contributed by atoms with Crippen LogP contribution in [0, 0.1) is 6.92 Å². The largest absolute Gasteiger partial charge is 0.343 e. The molecule has 4 rings (SSSR count). The molecule has 1 aliphatic rings. The SMILES string of the molecule is Cc1nc(C2CCCCN2c2nccn3cnnc23)n[nH]1. The first-order chi connectivity index (χ1) is 10.3. The van der Waals surface area contributed by atoms with Crippen LogP contribution in [0.4, 0.5) is 5.82 Å². The molecule has 1 saturated heterocycles. The predicted molar refractivity (Wildman–Crippen MR) is 75.8 cm³/mol. The van der Waals surface area contributed by atoms with Crippen molar-refractivity contribution in [2.45, 2.75) is 32.2 Å². The van der Waals surface area contributed by atoms with Crippen LogP contribution in [0.1, 0.15) is 37.0 Å². The van der Waals surface area contributed by atoms with Gasteiger partial charge in [-0.3, -0.25) is 9.50 Å². The summed E-state index contributed by atoms with van der Waals surface area (Å²) in [5, 5.41) is 15.4. The van der Waals surface area contributed by atoms with Gasteiger partial charge in [0.25, 0.3) is 0 Å². The number of aryl methyl sites for hydroxylation is 1. The lowest BCUT2D eigenvalue weighted by atomic mass is 10.0. The van der Waals surface area contributed by atoms with E-state index in [0.29, 0.717) is 0 Å². The molecule has 8 nitrogen and oxygen atoms in total. The van der Waals surface area contributed by atoms with Crippen molar-refractivity contribution in [3.8, 4) is 0 Å². The third-order valence-corrected chi connectivity index (χ3v) is 3.88. The molecule has 8 heteroatoms. The Morgan fingerprint density at radius 3 is 3.14 bits per heavy atom. The van der Waals surface area contributed by atoms with Gasteiger partial charge in [0, 0.05) is 18.9 Å². The van der Waals surface area contributed by atoms with Gasteiger partial charge in [-0.1, -0.05) is 0 Å². The molecule has 0 aliphatic carbocycles. The topological polar surface area (TPSA) is 87.9 Å². The third kappa shape index (κ3) is 2.03. The number of hydrogen-bond donors (Lipinski definition) is 1. The highest BCUT2D eigenvalue weighted by Gasteiger charge is 2.29. The van der Waals surface area contributed by atoms with Gasteiger partial charge in [0.05, 0.1) is 6.04 Å². The lowest BCUT2D eigenvalue weighted by molar-refractivity contribution is 0.454. The van der Waals surface area contributed by atoms with Crippen LogP contribution in [0.3, 0.4) is 0 Å². The minimum Gasteiger partial charge on any atom is -0.343 e. The molecule has 0 saturated carbocycles. The second-order valence-electron chi connectivity index (χ2n) is 5.30. The summed E-state index contributed by atoms with van der Waals surface area (Å²) in [5.41, 5.74) is 0.775. The Hall–Kier alpha value is -2.51. The molecule has 1 N–H and O–H groups in total. The molecule has 0 bridgehead atoms. The fraction of sp³-hybridized carbons (Fsp3) is 0.462. The number of piperidine rings is 1. The second kappa shape index (κ2) is 4.80. The van der Waals surface area contributed by atoms with E-state index in [1.54, 1.807) is 12.5 Å². The normalized spacial score (nSPS) is 19.3. The molecule has 1 aliphatic heterocycles. The zero-order chi connectivity index (χ0) is 14.2. The van der Waals surface area contributed by atoms with Gasteiger partial charge >= 0.3 is 0 Å². The van der Waals surface area contributed by atoms with Crippen LogP contribution in [-0.4, -0.2) is 41.3 Å². The summed E-state index contributed by atoms with van der Waals surface area (Å²) in [7, 11) is 0. The molecule has 0 amide bonds. The molecular weight excluding hydrogens is 268 g/mol. The second-order valence-corrected chi connectivity index (χ2v) is 5.30. The van der Waals surface area contributed by atoms with E-state index in [1.165, 1.54) is 6.42 Å². The molecule has 1 unspecified atom stereocenters. The number of hydrogen-bond acceptors (Lipinski definition) is 6. The van der Waals surface area contributed by atoms with Crippen LogP contribution >= 0.6 is 0 Å². The zero-order valence-corrected chi connectivity index (χ0v) is 11.8. The first-order valence-corrected chi connectivity index (χ1v) is 7.13. The van der Waals surface area contributed by atoms with Gasteiger partial charge in [0.1, 0.15) is 12.2 Å². The van der Waals surface area contributed by atoms with E-state index < -0.39 is 0 Å². The number of rotatable bonds is 2. The maximum Gasteiger partial charge on any atom is 0.203 e. The van der Waals surface area contributed by atoms with E-state index in [0.717, 1.165) is 42.5 Å². The summed E-state index contributed by atoms with van der Waals surface area (Å²) in [4.78, 5) is 11.3. The number of H-pyrrole nitrogens is 1. The quantitative estimate of drug-likeness (QED) is 0.762. The van der Waals surface area contributed by atoms with Crippen molar-refractivity contribution in [1.82, 2.24) is 34.8 Å². The summed E-state index contributed by atoms with van der Waals surface area (Å²) in [6, 6.07) is 0.138. The van der Waals surface area contributed by atoms with E-state index in [-0.39, 0.29) is 6.04 Å². The monoisotopic (exact) mass is 284 g/mol. The maximum atomic E-state index is 4.52. The van der Waals surface area contributed by atoms with Crippen molar-refractivity contribution < 1.29 is 0 Å². The summed E-state index contributed by atoms with van der Waals surface area (Å²) >= 11 is 0. The molecule has 1 fully saturated rings. The number of aromatic amines is 1. The molecule has 3 aromatic heterocycles. The molecule has 21 heavy (non-hydrogen) atoms. The van der Waals surface area contributed by atoms with E-state index in [4.69, 9.17) is 0 Å². The molecule has 0 spiro atoms. The summed E-state index contributed by atoms with van der Waals surface area (Å²) in [6.07, 6.45) is 8.65. The van der Waals surface area contributed by atoms with Crippen LogP contribution in [-0.2, 0) is 0 Å². The van der Waals surface area contributed by atoms with Crippen LogP contribution in [0.2, 0.25) is 0 Å². The molecule has 108 valence electrons. The third-order valence-electron chi connectivity index (χ3n) is 3.88. The van der Waals surface area contributed by atoms with E-state index >= 15 is 0 Å². The minimum atomic E-state index is 0.138. The summed E-state index contributed by atoms with van der Waals surface area (Å²) < 4.78 is 1.89. The Balaban J connectivity index is 1.79. The molecular formula is C13H16N8. The Morgan fingerprint density at radius 2 is 2.29 bits per heavy atom. The van der Waals surface area contributed by atoms with Crippen molar-refractivity contribution in [3.63, 3.8) is 0 Å². The van der Waals surface area contributed by atoms with Crippen molar-refractivity contribution in [2.75, 3.05) is 11.4 Å². The van der Waals surface area contributed by atoms with Crippen LogP contribution in [0.25, 0.3) is 5.65 Å². The van der Waals surface area contributed by atoms with Gasteiger partial charge in [-0.15, -0.1) is 10.2 Å². The Kier molecular flexibility index (Phi) is 2.80. The Bertz CT molecular complexity index is 760. The standard InChI is InChI=1S/C13H16N8/c1-9-16-11(18-17-9)10-4-2-3-6-21(10)12-13-19-15-8-20(13)7-5-14-12/h5,7-8,10H,2-4,6H2,1H3,(H,16,17,18). The highest BCUT2D eigenvalue weighted by molar-refractivity contribution is 5.64. The lowest BCUT2D eigenvalue weighted by Gasteiger charge is -2.34. The first-order valence-electron chi connectivity index (χ1n) is 7.13. The number of aromatic nitrogens is 7. The van der Waals surface area contributed by atoms with Crippen molar-refractivity contribution >= 4 is 11.5 Å². The number of nitrogens with one attached hydrogen (secondary N) is 1. The van der Waals surface area contributed by atoms with Crippen LogP contribution in [0.5, 0.6) is 0 Å². The molecule has 3 aromatic rings. The van der Waals surface area contributed by atoms with Gasteiger partial charge in [0.2, 0.25) is 5.65 Å². The van der Waals surface area contributed by atoms with Gasteiger partial charge in [-0.2, -0.15) is 5.10 Å². The van der Waals surface area contributed by atoms with Crippen molar-refractivity contribution in [2.24, 2.45) is 0 Å². The van der Waals surface area contributed by atoms with Gasteiger partial charge in [-0.25, -0.2) is 9.97 Å². The lowest BCUT2D eigenvalue weighted by Crippen LogP contribution is -2.35. The van der Waals surface area contributed by atoms with Crippen LogP contribution in [0.15, 0.2) is 18.7 Å². The Morgan fingerprint density at radius 1 is 1.33 bits per heavy atom. The average molecular weight is 284 g/mol. The number of nitrogens with zero attached hydrogens (tertiary/aromatic N) is 7. The predicted octanol–water partition coefficient (Wildman–Crippen LogP) is 1.28. The van der Waals surface area contributed by atoms with Crippen molar-refractivity contribution in [3.05, 3.63) is 30.4 Å². The highest BCUT2D eigenvalue weighted by Crippen LogP contribution is 2.33. The number of anilines is 1. The fourth-order valence-corrected chi connectivity index (χ4v) is 2.91. The number of fused-ring (bicyclic) bond motifs is 1. The average Bonchev–Trinajstić information content (AvgIpc) is 3.15. The Labute approximate surface area is 121 Å². The zero-order valence-electron chi connectivity index (χ0n) is 11.8. The van der Waals surface area contributed by atoms with E-state index in [2.05, 4.69) is 35.3 Å². The molecule has 0 radical (unpaired) electrons. The first kappa shape index (κ1) is 12.2. The van der Waals surface area contributed by atoms with Gasteiger partial charge in [0.15, 0.2) is 11.6 Å². The van der Waals surface area contributed by atoms with Crippen molar-refractivity contribution in [1.29, 1.82) is 0 Å². The maximum absolute atomic E-state index is 4.52. The highest BCUT2D eigenvalue weighted by atomic mass is 15.3. The molecule has 0 aromatic carbocycles.